The Morgan fingerprint density at radius 3 is 2.23 bits per heavy atom. The Labute approximate surface area is 160 Å². The summed E-state index contributed by atoms with van der Waals surface area (Å²) in [5, 5.41) is 0.740. The monoisotopic (exact) mass is 377 g/mol. The zero-order valence-corrected chi connectivity index (χ0v) is 16.4. The normalized spacial score (nSPS) is 19.2. The van der Waals surface area contributed by atoms with Gasteiger partial charge in [-0.05, 0) is 31.0 Å². The van der Waals surface area contributed by atoms with Crippen LogP contribution >= 0.6 is 11.6 Å². The van der Waals surface area contributed by atoms with Crippen molar-refractivity contribution in [1.82, 2.24) is 9.80 Å². The Morgan fingerprint density at radius 2 is 1.65 bits per heavy atom. The summed E-state index contributed by atoms with van der Waals surface area (Å²) >= 11 is 6.08. The molecule has 2 saturated heterocycles. The molecule has 0 radical (unpaired) electrons. The van der Waals surface area contributed by atoms with Crippen LogP contribution in [0.15, 0.2) is 24.3 Å². The van der Waals surface area contributed by atoms with E-state index in [9.17, 15) is 9.59 Å². The maximum Gasteiger partial charge on any atom is 0.225 e. The van der Waals surface area contributed by atoms with Crippen LogP contribution in [0.5, 0.6) is 0 Å². The molecule has 0 atom stereocenters. The van der Waals surface area contributed by atoms with E-state index in [0.717, 1.165) is 49.7 Å². The number of rotatable bonds is 3. The number of carbonyl (C=O) groups excluding carboxylic acids is 2. The number of amides is 2. The minimum atomic E-state index is 0.0295. The highest BCUT2D eigenvalue weighted by Crippen LogP contribution is 2.24. The SMILES string of the molecule is CC(C)C(=O)N1CCC(C(=O)N2CCN(c3cccc(Cl)c3)CC2)CC1. The van der Waals surface area contributed by atoms with Gasteiger partial charge < -0.3 is 14.7 Å². The van der Waals surface area contributed by atoms with Gasteiger partial charge in [0, 0.05) is 61.8 Å². The van der Waals surface area contributed by atoms with Crippen molar-refractivity contribution < 1.29 is 9.59 Å². The van der Waals surface area contributed by atoms with E-state index in [1.165, 1.54) is 0 Å². The number of likely N-dealkylation sites (tertiary alicyclic amines) is 1. The van der Waals surface area contributed by atoms with Gasteiger partial charge in [-0.25, -0.2) is 0 Å². The second kappa shape index (κ2) is 8.30. The molecule has 26 heavy (non-hydrogen) atoms. The molecule has 6 heteroatoms. The summed E-state index contributed by atoms with van der Waals surface area (Å²) in [5.41, 5.74) is 1.12. The number of halogens is 1. The molecule has 0 unspecified atom stereocenters. The average molecular weight is 378 g/mol. The molecule has 0 aromatic heterocycles. The summed E-state index contributed by atoms with van der Waals surface area (Å²) in [6.07, 6.45) is 1.57. The molecule has 0 bridgehead atoms. The van der Waals surface area contributed by atoms with Gasteiger partial charge in [-0.1, -0.05) is 31.5 Å². The number of piperazine rings is 1. The molecule has 5 nitrogen and oxygen atoms in total. The number of hydrogen-bond donors (Lipinski definition) is 0. The predicted octanol–water partition coefficient (Wildman–Crippen LogP) is 2.88. The highest BCUT2D eigenvalue weighted by Gasteiger charge is 2.32. The van der Waals surface area contributed by atoms with Crippen LogP contribution in [0, 0.1) is 11.8 Å². The first-order valence-corrected chi connectivity index (χ1v) is 9.91. The van der Waals surface area contributed by atoms with E-state index >= 15 is 0 Å². The smallest absolute Gasteiger partial charge is 0.225 e. The van der Waals surface area contributed by atoms with Gasteiger partial charge in [0.25, 0.3) is 0 Å². The molecule has 0 saturated carbocycles. The van der Waals surface area contributed by atoms with E-state index < -0.39 is 0 Å². The summed E-state index contributed by atoms with van der Waals surface area (Å²) in [6, 6.07) is 7.87. The summed E-state index contributed by atoms with van der Waals surface area (Å²) in [6.45, 7) is 8.42. The molecule has 1 aromatic carbocycles. The zero-order chi connectivity index (χ0) is 18.7. The minimum Gasteiger partial charge on any atom is -0.368 e. The maximum absolute atomic E-state index is 12.8. The number of anilines is 1. The number of carbonyl (C=O) groups is 2. The van der Waals surface area contributed by atoms with Crippen LogP contribution < -0.4 is 4.90 Å². The molecular formula is C20H28ClN3O2. The first-order valence-electron chi connectivity index (χ1n) is 9.54. The van der Waals surface area contributed by atoms with Crippen LogP contribution in [-0.4, -0.2) is 60.9 Å². The van der Waals surface area contributed by atoms with Crippen molar-refractivity contribution in [3.8, 4) is 0 Å². The Morgan fingerprint density at radius 1 is 1.00 bits per heavy atom. The minimum absolute atomic E-state index is 0.0295. The first-order chi connectivity index (χ1) is 12.5. The van der Waals surface area contributed by atoms with Crippen molar-refractivity contribution in [2.24, 2.45) is 11.8 Å². The number of nitrogens with zero attached hydrogens (tertiary/aromatic N) is 3. The summed E-state index contributed by atoms with van der Waals surface area (Å²) in [4.78, 5) is 31.1. The molecule has 1 aromatic rings. The fourth-order valence-corrected chi connectivity index (χ4v) is 4.01. The van der Waals surface area contributed by atoms with Crippen molar-refractivity contribution in [3.63, 3.8) is 0 Å². The van der Waals surface area contributed by atoms with Crippen LogP contribution in [0.4, 0.5) is 5.69 Å². The quantitative estimate of drug-likeness (QED) is 0.813. The van der Waals surface area contributed by atoms with E-state index in [4.69, 9.17) is 11.6 Å². The molecule has 2 fully saturated rings. The molecular weight excluding hydrogens is 350 g/mol. The third-order valence-corrected chi connectivity index (χ3v) is 5.65. The molecule has 0 N–H and O–H groups in total. The molecule has 2 aliphatic rings. The van der Waals surface area contributed by atoms with Crippen molar-refractivity contribution in [2.45, 2.75) is 26.7 Å². The Kier molecular flexibility index (Phi) is 6.07. The topological polar surface area (TPSA) is 43.9 Å². The standard InChI is InChI=1S/C20H28ClN3O2/c1-15(2)19(25)23-8-6-16(7-9-23)20(26)24-12-10-22(11-13-24)18-5-3-4-17(21)14-18/h3-5,14-16H,6-13H2,1-2H3. The predicted molar refractivity (Wildman–Crippen MR) is 104 cm³/mol. The molecule has 2 aliphatic heterocycles. The van der Waals surface area contributed by atoms with Crippen LogP contribution in [0.2, 0.25) is 5.02 Å². The molecule has 0 spiro atoms. The number of piperidine rings is 1. The van der Waals surface area contributed by atoms with E-state index in [-0.39, 0.29) is 23.7 Å². The number of benzene rings is 1. The van der Waals surface area contributed by atoms with Crippen molar-refractivity contribution in [2.75, 3.05) is 44.2 Å². The van der Waals surface area contributed by atoms with Gasteiger partial charge in [0.15, 0.2) is 0 Å². The van der Waals surface area contributed by atoms with Crippen LogP contribution in [0.1, 0.15) is 26.7 Å². The molecule has 142 valence electrons. The van der Waals surface area contributed by atoms with E-state index in [1.54, 1.807) is 0 Å². The Bertz CT molecular complexity index is 648. The van der Waals surface area contributed by atoms with Gasteiger partial charge in [-0.2, -0.15) is 0 Å². The second-order valence-corrected chi connectivity index (χ2v) is 7.98. The third kappa shape index (κ3) is 4.32. The highest BCUT2D eigenvalue weighted by atomic mass is 35.5. The van der Waals surface area contributed by atoms with E-state index in [1.807, 2.05) is 41.8 Å². The highest BCUT2D eigenvalue weighted by molar-refractivity contribution is 6.30. The lowest BCUT2D eigenvalue weighted by Crippen LogP contribution is -2.52. The summed E-state index contributed by atoms with van der Waals surface area (Å²) in [7, 11) is 0. The second-order valence-electron chi connectivity index (χ2n) is 7.55. The van der Waals surface area contributed by atoms with Gasteiger partial charge in [0.2, 0.25) is 11.8 Å². The average Bonchev–Trinajstić information content (AvgIpc) is 2.67. The van der Waals surface area contributed by atoms with Gasteiger partial charge in [-0.15, -0.1) is 0 Å². The van der Waals surface area contributed by atoms with E-state index in [0.29, 0.717) is 13.1 Å². The van der Waals surface area contributed by atoms with Crippen molar-refractivity contribution in [1.29, 1.82) is 0 Å². The Balaban J connectivity index is 1.49. The van der Waals surface area contributed by atoms with Crippen molar-refractivity contribution >= 4 is 29.1 Å². The lowest BCUT2D eigenvalue weighted by Gasteiger charge is -2.39. The maximum atomic E-state index is 12.8. The zero-order valence-electron chi connectivity index (χ0n) is 15.7. The van der Waals surface area contributed by atoms with Gasteiger partial charge in [0.1, 0.15) is 0 Å². The van der Waals surface area contributed by atoms with Gasteiger partial charge in [0.05, 0.1) is 0 Å². The third-order valence-electron chi connectivity index (χ3n) is 5.41. The Hall–Kier alpha value is -1.75. The summed E-state index contributed by atoms with van der Waals surface area (Å²) in [5.74, 6) is 0.546. The van der Waals surface area contributed by atoms with Crippen LogP contribution in [0.3, 0.4) is 0 Å². The molecule has 0 aliphatic carbocycles. The molecule has 2 heterocycles. The largest absolute Gasteiger partial charge is 0.368 e. The molecule has 3 rings (SSSR count). The number of hydrogen-bond acceptors (Lipinski definition) is 3. The fourth-order valence-electron chi connectivity index (χ4n) is 3.83. The lowest BCUT2D eigenvalue weighted by atomic mass is 9.94. The van der Waals surface area contributed by atoms with Gasteiger partial charge >= 0.3 is 0 Å². The van der Waals surface area contributed by atoms with Crippen LogP contribution in [-0.2, 0) is 9.59 Å². The fraction of sp³-hybridized carbons (Fsp3) is 0.600. The van der Waals surface area contributed by atoms with Crippen molar-refractivity contribution in [3.05, 3.63) is 29.3 Å². The lowest BCUT2D eigenvalue weighted by molar-refractivity contribution is -0.142. The molecule has 2 amide bonds. The summed E-state index contributed by atoms with van der Waals surface area (Å²) < 4.78 is 0. The van der Waals surface area contributed by atoms with E-state index in [2.05, 4.69) is 11.0 Å². The van der Waals surface area contributed by atoms with Gasteiger partial charge in [-0.3, -0.25) is 9.59 Å². The first kappa shape index (κ1) is 19.0. The van der Waals surface area contributed by atoms with Crippen LogP contribution in [0.25, 0.3) is 0 Å².